The molecule has 2 atom stereocenters. The van der Waals surface area contributed by atoms with Gasteiger partial charge in [-0.15, -0.1) is 0 Å². The molecule has 0 fully saturated rings. The van der Waals surface area contributed by atoms with E-state index in [2.05, 4.69) is 27.9 Å². The summed E-state index contributed by atoms with van der Waals surface area (Å²) >= 11 is 0. The molecular weight excluding hydrogens is 290 g/mol. The molecule has 2 rings (SSSR count). The Labute approximate surface area is 136 Å². The highest BCUT2D eigenvalue weighted by molar-refractivity contribution is 5.58. The number of aryl methyl sites for hydroxylation is 1. The van der Waals surface area contributed by atoms with E-state index in [0.717, 1.165) is 6.42 Å². The minimum absolute atomic E-state index is 0.130. The summed E-state index contributed by atoms with van der Waals surface area (Å²) < 4.78 is 5.73. The lowest BCUT2D eigenvalue weighted by Crippen LogP contribution is -2.21. The third-order valence-corrected chi connectivity index (χ3v) is 3.32. The van der Waals surface area contributed by atoms with Gasteiger partial charge in [-0.3, -0.25) is 4.98 Å². The monoisotopic (exact) mass is 311 g/mol. The van der Waals surface area contributed by atoms with Gasteiger partial charge in [-0.1, -0.05) is 6.92 Å². The van der Waals surface area contributed by atoms with E-state index in [1.807, 2.05) is 13.8 Å². The summed E-state index contributed by atoms with van der Waals surface area (Å²) in [5.74, 6) is 1.46. The molecule has 6 heteroatoms. The predicted molar refractivity (Wildman–Crippen MR) is 87.6 cm³/mol. The standard InChI is InChI=1S/C17H21N5O/c1-11(6-12(2)19)10-23-17-9-21-16(7-14(17)8-18)15-4-5-20-13(3)22-15/h4-5,7,9,11-12H,6,10,19H2,1-3H3. The number of rotatable bonds is 6. The topological polar surface area (TPSA) is 97.7 Å². The second-order valence-corrected chi connectivity index (χ2v) is 5.80. The van der Waals surface area contributed by atoms with Gasteiger partial charge in [-0.05, 0) is 38.3 Å². The van der Waals surface area contributed by atoms with Crippen LogP contribution in [0.5, 0.6) is 5.75 Å². The maximum absolute atomic E-state index is 9.34. The van der Waals surface area contributed by atoms with E-state index >= 15 is 0 Å². The second-order valence-electron chi connectivity index (χ2n) is 5.80. The van der Waals surface area contributed by atoms with E-state index in [9.17, 15) is 5.26 Å². The van der Waals surface area contributed by atoms with Crippen LogP contribution in [0.25, 0.3) is 11.4 Å². The second kappa shape index (κ2) is 7.65. The Morgan fingerprint density at radius 3 is 2.74 bits per heavy atom. The third-order valence-electron chi connectivity index (χ3n) is 3.32. The number of ether oxygens (including phenoxy) is 1. The minimum Gasteiger partial charge on any atom is -0.490 e. The Kier molecular flexibility index (Phi) is 5.61. The molecule has 120 valence electrons. The van der Waals surface area contributed by atoms with Crippen molar-refractivity contribution in [1.82, 2.24) is 15.0 Å². The van der Waals surface area contributed by atoms with Crippen molar-refractivity contribution in [3.05, 3.63) is 35.9 Å². The first-order valence-electron chi connectivity index (χ1n) is 7.58. The van der Waals surface area contributed by atoms with Crippen LogP contribution < -0.4 is 10.5 Å². The number of nitriles is 1. The van der Waals surface area contributed by atoms with Crippen LogP contribution in [0, 0.1) is 24.2 Å². The van der Waals surface area contributed by atoms with Gasteiger partial charge in [-0.2, -0.15) is 5.26 Å². The molecule has 2 unspecified atom stereocenters. The van der Waals surface area contributed by atoms with Crippen LogP contribution in [0.1, 0.15) is 31.7 Å². The molecule has 0 aliphatic heterocycles. The van der Waals surface area contributed by atoms with Crippen LogP contribution in [0.2, 0.25) is 0 Å². The number of nitrogens with two attached hydrogens (primary N) is 1. The van der Waals surface area contributed by atoms with Crippen molar-refractivity contribution in [2.75, 3.05) is 6.61 Å². The highest BCUT2D eigenvalue weighted by Crippen LogP contribution is 2.23. The summed E-state index contributed by atoms with van der Waals surface area (Å²) in [5, 5.41) is 9.34. The van der Waals surface area contributed by atoms with Gasteiger partial charge in [0.05, 0.1) is 29.8 Å². The van der Waals surface area contributed by atoms with Crippen molar-refractivity contribution in [3.8, 4) is 23.2 Å². The average Bonchev–Trinajstić information content (AvgIpc) is 2.52. The summed E-state index contributed by atoms with van der Waals surface area (Å²) in [6, 6.07) is 5.74. The molecule has 0 saturated heterocycles. The molecule has 0 aromatic carbocycles. The van der Waals surface area contributed by atoms with Crippen LogP contribution in [-0.2, 0) is 0 Å². The van der Waals surface area contributed by atoms with Gasteiger partial charge < -0.3 is 10.5 Å². The van der Waals surface area contributed by atoms with Crippen LogP contribution in [0.15, 0.2) is 24.5 Å². The molecule has 0 aliphatic carbocycles. The Bertz CT molecular complexity index is 708. The van der Waals surface area contributed by atoms with E-state index in [0.29, 0.717) is 41.1 Å². The van der Waals surface area contributed by atoms with Crippen molar-refractivity contribution in [3.63, 3.8) is 0 Å². The quantitative estimate of drug-likeness (QED) is 0.880. The number of aromatic nitrogens is 3. The molecular formula is C17H21N5O. The van der Waals surface area contributed by atoms with Crippen LogP contribution in [-0.4, -0.2) is 27.6 Å². The number of nitrogens with zero attached hydrogens (tertiary/aromatic N) is 4. The molecule has 0 amide bonds. The maximum atomic E-state index is 9.34. The SMILES string of the molecule is Cc1nccc(-c2cc(C#N)c(OCC(C)CC(C)N)cn2)n1. The van der Waals surface area contributed by atoms with Crippen molar-refractivity contribution in [2.45, 2.75) is 33.2 Å². The number of hydrogen-bond acceptors (Lipinski definition) is 6. The highest BCUT2D eigenvalue weighted by atomic mass is 16.5. The van der Waals surface area contributed by atoms with Gasteiger partial charge in [0.15, 0.2) is 5.75 Å². The molecule has 6 nitrogen and oxygen atoms in total. The lowest BCUT2D eigenvalue weighted by atomic mass is 10.0. The maximum Gasteiger partial charge on any atom is 0.155 e. The normalized spacial score (nSPS) is 13.2. The molecule has 2 aromatic rings. The van der Waals surface area contributed by atoms with E-state index in [1.165, 1.54) is 0 Å². The summed E-state index contributed by atoms with van der Waals surface area (Å²) in [5.41, 5.74) is 7.54. The van der Waals surface area contributed by atoms with Crippen LogP contribution >= 0.6 is 0 Å². The first-order chi connectivity index (χ1) is 11.0. The lowest BCUT2D eigenvalue weighted by Gasteiger charge is -2.15. The van der Waals surface area contributed by atoms with E-state index in [-0.39, 0.29) is 6.04 Å². The van der Waals surface area contributed by atoms with Gasteiger partial charge in [0.25, 0.3) is 0 Å². The summed E-state index contributed by atoms with van der Waals surface area (Å²) in [7, 11) is 0. The summed E-state index contributed by atoms with van der Waals surface area (Å²) in [4.78, 5) is 12.7. The van der Waals surface area contributed by atoms with Gasteiger partial charge in [0.1, 0.15) is 11.9 Å². The first kappa shape index (κ1) is 16.8. The molecule has 0 bridgehead atoms. The highest BCUT2D eigenvalue weighted by Gasteiger charge is 2.11. The zero-order valence-corrected chi connectivity index (χ0v) is 13.7. The number of hydrogen-bond donors (Lipinski definition) is 1. The van der Waals surface area contributed by atoms with Gasteiger partial charge in [0, 0.05) is 12.2 Å². The molecule has 0 radical (unpaired) electrons. The van der Waals surface area contributed by atoms with Crippen LogP contribution in [0.4, 0.5) is 0 Å². The molecule has 0 aliphatic rings. The van der Waals surface area contributed by atoms with Gasteiger partial charge in [-0.25, -0.2) is 9.97 Å². The van der Waals surface area contributed by atoms with E-state index in [4.69, 9.17) is 10.5 Å². The van der Waals surface area contributed by atoms with Crippen molar-refractivity contribution in [1.29, 1.82) is 5.26 Å². The van der Waals surface area contributed by atoms with Crippen molar-refractivity contribution >= 4 is 0 Å². The van der Waals surface area contributed by atoms with Gasteiger partial charge >= 0.3 is 0 Å². The molecule has 23 heavy (non-hydrogen) atoms. The Hall–Kier alpha value is -2.52. The van der Waals surface area contributed by atoms with E-state index in [1.54, 1.807) is 24.5 Å². The smallest absolute Gasteiger partial charge is 0.155 e. The summed E-state index contributed by atoms with van der Waals surface area (Å²) in [6.07, 6.45) is 4.11. The zero-order chi connectivity index (χ0) is 16.8. The fourth-order valence-corrected chi connectivity index (χ4v) is 2.32. The third kappa shape index (κ3) is 4.73. The fourth-order valence-electron chi connectivity index (χ4n) is 2.32. The zero-order valence-electron chi connectivity index (χ0n) is 13.7. The summed E-state index contributed by atoms with van der Waals surface area (Å²) in [6.45, 7) is 6.36. The van der Waals surface area contributed by atoms with Crippen molar-refractivity contribution in [2.24, 2.45) is 11.7 Å². The molecule has 2 aromatic heterocycles. The fraction of sp³-hybridized carbons (Fsp3) is 0.412. The average molecular weight is 311 g/mol. The largest absolute Gasteiger partial charge is 0.490 e. The van der Waals surface area contributed by atoms with E-state index < -0.39 is 0 Å². The lowest BCUT2D eigenvalue weighted by molar-refractivity contribution is 0.245. The van der Waals surface area contributed by atoms with Crippen molar-refractivity contribution < 1.29 is 4.74 Å². The Morgan fingerprint density at radius 1 is 1.30 bits per heavy atom. The Morgan fingerprint density at radius 2 is 2.09 bits per heavy atom. The molecule has 0 saturated carbocycles. The minimum atomic E-state index is 0.130. The van der Waals surface area contributed by atoms with Gasteiger partial charge in [0.2, 0.25) is 0 Å². The molecule has 2 heterocycles. The molecule has 0 spiro atoms. The Balaban J connectivity index is 2.16. The van der Waals surface area contributed by atoms with Crippen LogP contribution in [0.3, 0.4) is 0 Å². The first-order valence-corrected chi connectivity index (χ1v) is 7.58. The molecule has 2 N–H and O–H groups in total. The number of pyridine rings is 1. The predicted octanol–water partition coefficient (Wildman–Crippen LogP) is 2.47.